The Kier molecular flexibility index (Phi) is 6.30. The molecule has 1 amide bonds. The molecule has 1 N–H and O–H groups in total. The van der Waals surface area contributed by atoms with Crippen LogP contribution in [-0.4, -0.2) is 87.9 Å². The van der Waals surface area contributed by atoms with Crippen LogP contribution in [0, 0.1) is 6.92 Å². The number of piperazine rings is 1. The second-order valence-electron chi connectivity index (χ2n) is 8.03. The molecule has 0 spiro atoms. The summed E-state index contributed by atoms with van der Waals surface area (Å²) >= 11 is 0. The van der Waals surface area contributed by atoms with Crippen LogP contribution in [0.1, 0.15) is 11.4 Å². The van der Waals surface area contributed by atoms with Crippen LogP contribution in [0.25, 0.3) is 16.7 Å². The van der Waals surface area contributed by atoms with Crippen LogP contribution in [0.2, 0.25) is 0 Å². The van der Waals surface area contributed by atoms with Gasteiger partial charge in [0.15, 0.2) is 5.82 Å². The molecule has 1 aromatic carbocycles. The van der Waals surface area contributed by atoms with Gasteiger partial charge in [-0.25, -0.2) is 0 Å². The number of aromatic nitrogens is 4. The Bertz CT molecular complexity index is 1150. The second-order valence-corrected chi connectivity index (χ2v) is 8.03. The molecule has 31 heavy (non-hydrogen) atoms. The molecular weight excluding hydrogens is 398 g/mol. The zero-order valence-electron chi connectivity index (χ0n) is 18.3. The second kappa shape index (κ2) is 9.13. The third-order valence-corrected chi connectivity index (χ3v) is 5.77. The Balaban J connectivity index is 1.46. The highest BCUT2D eigenvalue weighted by molar-refractivity contribution is 5.81. The van der Waals surface area contributed by atoms with E-state index in [1.807, 2.05) is 29.5 Å². The first-order chi connectivity index (χ1) is 15.0. The van der Waals surface area contributed by atoms with Crippen LogP contribution in [0.5, 0.6) is 0 Å². The van der Waals surface area contributed by atoms with E-state index in [1.165, 1.54) is 0 Å². The molecule has 2 aromatic heterocycles. The van der Waals surface area contributed by atoms with Gasteiger partial charge in [0.1, 0.15) is 0 Å². The normalized spacial score (nSPS) is 15.7. The predicted octanol–water partition coefficient (Wildman–Crippen LogP) is -0.230. The number of amides is 1. The molecule has 166 valence electrons. The van der Waals surface area contributed by atoms with E-state index in [2.05, 4.69) is 25.3 Å². The average Bonchev–Trinajstić information content (AvgIpc) is 3.17. The maximum atomic E-state index is 12.7. The molecule has 0 unspecified atom stereocenters. The summed E-state index contributed by atoms with van der Waals surface area (Å²) in [7, 11) is 3.35. The van der Waals surface area contributed by atoms with Crippen molar-refractivity contribution in [1.82, 2.24) is 34.3 Å². The summed E-state index contributed by atoms with van der Waals surface area (Å²) in [6, 6.07) is 5.88. The van der Waals surface area contributed by atoms with Crippen molar-refractivity contribution < 1.29 is 9.53 Å². The first kappa shape index (κ1) is 21.4. The van der Waals surface area contributed by atoms with Crippen molar-refractivity contribution in [1.29, 1.82) is 0 Å². The number of hydrogen-bond acceptors (Lipinski definition) is 7. The lowest BCUT2D eigenvalue weighted by atomic mass is 10.1. The zero-order valence-corrected chi connectivity index (χ0v) is 18.3. The van der Waals surface area contributed by atoms with Gasteiger partial charge in [-0.3, -0.25) is 28.4 Å². The number of nitrogens with zero attached hydrogens (tertiary/aromatic N) is 6. The van der Waals surface area contributed by atoms with Gasteiger partial charge in [0.2, 0.25) is 11.7 Å². The minimum absolute atomic E-state index is 0.0247. The summed E-state index contributed by atoms with van der Waals surface area (Å²) in [5.74, 6) is 1.38. The summed E-state index contributed by atoms with van der Waals surface area (Å²) in [6.07, 6.45) is 0. The van der Waals surface area contributed by atoms with Gasteiger partial charge in [0.05, 0.1) is 30.6 Å². The smallest absolute Gasteiger partial charge is 0.262 e. The minimum atomic E-state index is -0.0671. The number of benzene rings is 1. The Labute approximate surface area is 180 Å². The van der Waals surface area contributed by atoms with Crippen molar-refractivity contribution in [3.63, 3.8) is 0 Å². The molecule has 3 heterocycles. The van der Waals surface area contributed by atoms with Crippen LogP contribution in [0.15, 0.2) is 23.0 Å². The Hall–Kier alpha value is -2.82. The third-order valence-electron chi connectivity index (χ3n) is 5.77. The van der Waals surface area contributed by atoms with Gasteiger partial charge in [-0.2, -0.15) is 0 Å². The number of rotatable bonds is 7. The highest BCUT2D eigenvalue weighted by Gasteiger charge is 2.22. The molecule has 0 saturated carbocycles. The number of carbonyl (C=O) groups is 1. The van der Waals surface area contributed by atoms with Crippen LogP contribution in [0.3, 0.4) is 0 Å². The largest absolute Gasteiger partial charge is 0.383 e. The van der Waals surface area contributed by atoms with Crippen molar-refractivity contribution in [2.24, 2.45) is 7.05 Å². The highest BCUT2D eigenvalue weighted by atomic mass is 16.5. The molecule has 3 aromatic rings. The van der Waals surface area contributed by atoms with E-state index in [4.69, 9.17) is 4.74 Å². The maximum Gasteiger partial charge on any atom is 0.262 e. The summed E-state index contributed by atoms with van der Waals surface area (Å²) in [5, 5.41) is 12.2. The fourth-order valence-corrected chi connectivity index (χ4v) is 4.02. The number of ether oxygens (including phenoxy) is 1. The van der Waals surface area contributed by atoms with Crippen LogP contribution >= 0.6 is 0 Å². The fourth-order valence-electron chi connectivity index (χ4n) is 4.02. The van der Waals surface area contributed by atoms with Crippen LogP contribution in [0.4, 0.5) is 0 Å². The number of methoxy groups -OCH3 is 1. The molecule has 0 aliphatic carbocycles. The molecule has 0 bridgehead atoms. The molecule has 0 atom stereocenters. The van der Waals surface area contributed by atoms with Crippen molar-refractivity contribution in [3.8, 4) is 0 Å². The topological polar surface area (TPSA) is 97.0 Å². The number of fused-ring (bicyclic) bond motifs is 3. The van der Waals surface area contributed by atoms with Crippen LogP contribution < -0.4 is 10.9 Å². The quantitative estimate of drug-likeness (QED) is 0.520. The Morgan fingerprint density at radius 1 is 1.16 bits per heavy atom. The number of hydrogen-bond donors (Lipinski definition) is 1. The number of nitrogens with one attached hydrogen (secondary N) is 1. The van der Waals surface area contributed by atoms with E-state index in [-0.39, 0.29) is 11.5 Å². The average molecular weight is 428 g/mol. The minimum Gasteiger partial charge on any atom is -0.383 e. The molecule has 1 saturated heterocycles. The van der Waals surface area contributed by atoms with Crippen molar-refractivity contribution >= 4 is 22.6 Å². The van der Waals surface area contributed by atoms with Gasteiger partial charge < -0.3 is 10.1 Å². The predicted molar refractivity (Wildman–Crippen MR) is 117 cm³/mol. The van der Waals surface area contributed by atoms with E-state index in [0.717, 1.165) is 43.1 Å². The van der Waals surface area contributed by atoms with Gasteiger partial charge in [-0.1, -0.05) is 11.6 Å². The lowest BCUT2D eigenvalue weighted by Crippen LogP contribution is -2.49. The van der Waals surface area contributed by atoms with E-state index in [0.29, 0.717) is 37.4 Å². The SMILES string of the molecule is COCCNC(=O)CN1CCN(Cc2nnc3n(C)c(=O)c4cc(C)ccc4n23)CC1. The molecule has 4 rings (SSSR count). The molecular formula is C21H29N7O3. The number of carbonyl (C=O) groups excluding carboxylic acids is 1. The van der Waals surface area contributed by atoms with Gasteiger partial charge in [-0.05, 0) is 19.1 Å². The van der Waals surface area contributed by atoms with E-state index in [9.17, 15) is 9.59 Å². The molecule has 1 fully saturated rings. The van der Waals surface area contributed by atoms with Gasteiger partial charge in [0, 0.05) is 46.9 Å². The molecule has 10 nitrogen and oxygen atoms in total. The van der Waals surface area contributed by atoms with Gasteiger partial charge in [0.25, 0.3) is 5.56 Å². The Morgan fingerprint density at radius 3 is 2.65 bits per heavy atom. The first-order valence-corrected chi connectivity index (χ1v) is 10.5. The van der Waals surface area contributed by atoms with Crippen molar-refractivity contribution in [2.45, 2.75) is 13.5 Å². The first-order valence-electron chi connectivity index (χ1n) is 10.5. The monoisotopic (exact) mass is 427 g/mol. The summed E-state index contributed by atoms with van der Waals surface area (Å²) in [5.41, 5.74) is 1.80. The lowest BCUT2D eigenvalue weighted by Gasteiger charge is -2.33. The maximum absolute atomic E-state index is 12.7. The van der Waals surface area contributed by atoms with Gasteiger partial charge >= 0.3 is 0 Å². The molecule has 1 aliphatic rings. The summed E-state index contributed by atoms with van der Waals surface area (Å²) < 4.78 is 8.49. The lowest BCUT2D eigenvalue weighted by molar-refractivity contribution is -0.122. The molecule has 10 heteroatoms. The summed E-state index contributed by atoms with van der Waals surface area (Å²) in [4.78, 5) is 29.2. The van der Waals surface area contributed by atoms with Gasteiger partial charge in [-0.15, -0.1) is 10.2 Å². The van der Waals surface area contributed by atoms with Crippen molar-refractivity contribution in [3.05, 3.63) is 39.9 Å². The van der Waals surface area contributed by atoms with E-state index >= 15 is 0 Å². The molecule has 1 aliphatic heterocycles. The third kappa shape index (κ3) is 4.46. The van der Waals surface area contributed by atoms with E-state index < -0.39 is 0 Å². The highest BCUT2D eigenvalue weighted by Crippen LogP contribution is 2.17. The van der Waals surface area contributed by atoms with Crippen molar-refractivity contribution in [2.75, 3.05) is 53.0 Å². The summed E-state index contributed by atoms with van der Waals surface area (Å²) in [6.45, 7) is 7.37. The fraction of sp³-hybridized carbons (Fsp3) is 0.524. The Morgan fingerprint density at radius 2 is 1.90 bits per heavy atom. The zero-order chi connectivity index (χ0) is 22.0. The van der Waals surface area contributed by atoms with E-state index in [1.54, 1.807) is 18.7 Å². The van der Waals surface area contributed by atoms with Crippen LogP contribution in [-0.2, 0) is 23.1 Å². The standard InChI is InChI=1S/C21H29N7O3/c1-15-4-5-17-16(12-15)20(30)25(2)21-24-23-18(28(17)21)13-26-7-9-27(10-8-26)14-19(29)22-6-11-31-3/h4-5,12H,6-11,13-14H2,1-3H3,(H,22,29). The molecule has 0 radical (unpaired) electrons. The number of aryl methyl sites for hydroxylation is 2.